The standard InChI is InChI=1S/C10H16N2O/c1-10(2,3)8-5-13-6-9-7(8)4-11-12-9/h4,8H,5-6H2,1-3H3,(H,11,12). The average Bonchev–Trinajstić information content (AvgIpc) is 2.48. The Kier molecular flexibility index (Phi) is 1.91. The van der Waals surface area contributed by atoms with Crippen LogP contribution in [0, 0.1) is 5.41 Å². The van der Waals surface area contributed by atoms with Crippen molar-refractivity contribution < 1.29 is 4.74 Å². The Morgan fingerprint density at radius 1 is 1.54 bits per heavy atom. The number of hydrogen-bond acceptors (Lipinski definition) is 2. The summed E-state index contributed by atoms with van der Waals surface area (Å²) in [5.74, 6) is 0.468. The Hall–Kier alpha value is -0.830. The van der Waals surface area contributed by atoms with E-state index in [0.29, 0.717) is 12.5 Å². The number of aromatic nitrogens is 2. The van der Waals surface area contributed by atoms with Crippen LogP contribution in [0.25, 0.3) is 0 Å². The highest BCUT2D eigenvalue weighted by atomic mass is 16.5. The van der Waals surface area contributed by atoms with Crippen LogP contribution in [0.3, 0.4) is 0 Å². The first kappa shape index (κ1) is 8.75. The lowest BCUT2D eigenvalue weighted by Crippen LogP contribution is -2.27. The van der Waals surface area contributed by atoms with Crippen LogP contribution in [-0.2, 0) is 11.3 Å². The number of nitrogens with zero attached hydrogens (tertiary/aromatic N) is 1. The highest BCUT2D eigenvalue weighted by Gasteiger charge is 2.32. The quantitative estimate of drug-likeness (QED) is 0.663. The summed E-state index contributed by atoms with van der Waals surface area (Å²) in [7, 11) is 0. The van der Waals surface area contributed by atoms with Crippen LogP contribution in [0.15, 0.2) is 6.20 Å². The van der Waals surface area contributed by atoms with E-state index < -0.39 is 0 Å². The van der Waals surface area contributed by atoms with E-state index in [0.717, 1.165) is 12.3 Å². The van der Waals surface area contributed by atoms with Gasteiger partial charge in [0.1, 0.15) is 0 Å². The van der Waals surface area contributed by atoms with Crippen molar-refractivity contribution >= 4 is 0 Å². The summed E-state index contributed by atoms with van der Waals surface area (Å²) in [5, 5.41) is 7.05. The first-order valence-corrected chi connectivity index (χ1v) is 4.69. The highest BCUT2D eigenvalue weighted by molar-refractivity contribution is 5.24. The summed E-state index contributed by atoms with van der Waals surface area (Å²) in [5.41, 5.74) is 2.73. The van der Waals surface area contributed by atoms with Crippen molar-refractivity contribution in [2.75, 3.05) is 6.61 Å². The summed E-state index contributed by atoms with van der Waals surface area (Å²) >= 11 is 0. The molecule has 72 valence electrons. The third-order valence-corrected chi connectivity index (χ3v) is 2.70. The summed E-state index contributed by atoms with van der Waals surface area (Å²) in [6, 6.07) is 0. The zero-order chi connectivity index (χ0) is 9.47. The molecule has 1 unspecified atom stereocenters. The molecule has 0 spiro atoms. The lowest BCUT2D eigenvalue weighted by atomic mass is 9.76. The fourth-order valence-corrected chi connectivity index (χ4v) is 1.82. The number of nitrogens with one attached hydrogen (secondary N) is 1. The van der Waals surface area contributed by atoms with E-state index in [1.807, 2.05) is 6.20 Å². The molecule has 0 fully saturated rings. The van der Waals surface area contributed by atoms with Gasteiger partial charge < -0.3 is 4.74 Å². The van der Waals surface area contributed by atoms with Gasteiger partial charge in [0.05, 0.1) is 25.1 Å². The summed E-state index contributed by atoms with van der Waals surface area (Å²) in [4.78, 5) is 0. The summed E-state index contributed by atoms with van der Waals surface area (Å²) in [6.45, 7) is 8.22. The molecule has 0 bridgehead atoms. The van der Waals surface area contributed by atoms with Gasteiger partial charge in [-0.25, -0.2) is 0 Å². The van der Waals surface area contributed by atoms with Crippen molar-refractivity contribution in [3.8, 4) is 0 Å². The maximum atomic E-state index is 5.52. The molecule has 2 heterocycles. The monoisotopic (exact) mass is 180 g/mol. The van der Waals surface area contributed by atoms with Crippen molar-refractivity contribution in [3.63, 3.8) is 0 Å². The van der Waals surface area contributed by atoms with Gasteiger partial charge in [0.15, 0.2) is 0 Å². The molecule has 2 rings (SSSR count). The van der Waals surface area contributed by atoms with Gasteiger partial charge in [-0.15, -0.1) is 0 Å². The minimum Gasteiger partial charge on any atom is -0.375 e. The summed E-state index contributed by atoms with van der Waals surface area (Å²) < 4.78 is 5.52. The topological polar surface area (TPSA) is 37.9 Å². The molecule has 1 aromatic heterocycles. The van der Waals surface area contributed by atoms with Crippen molar-refractivity contribution in [1.29, 1.82) is 0 Å². The third-order valence-electron chi connectivity index (χ3n) is 2.70. The fraction of sp³-hybridized carbons (Fsp3) is 0.700. The van der Waals surface area contributed by atoms with Crippen molar-refractivity contribution in [2.24, 2.45) is 5.41 Å². The second-order valence-electron chi connectivity index (χ2n) is 4.74. The Balaban J connectivity index is 2.35. The Labute approximate surface area is 78.5 Å². The molecule has 3 heteroatoms. The lowest BCUT2D eigenvalue weighted by Gasteiger charge is -2.33. The molecule has 3 nitrogen and oxygen atoms in total. The second-order valence-corrected chi connectivity index (χ2v) is 4.74. The second kappa shape index (κ2) is 2.84. The molecule has 0 saturated heterocycles. The van der Waals surface area contributed by atoms with Crippen molar-refractivity contribution in [2.45, 2.75) is 33.3 Å². The van der Waals surface area contributed by atoms with E-state index in [-0.39, 0.29) is 5.41 Å². The minimum atomic E-state index is 0.249. The molecule has 0 amide bonds. The Morgan fingerprint density at radius 3 is 3.00 bits per heavy atom. The van der Waals surface area contributed by atoms with Crippen LogP contribution in [0.5, 0.6) is 0 Å². The van der Waals surface area contributed by atoms with Gasteiger partial charge in [-0.05, 0) is 5.41 Å². The molecule has 1 aliphatic heterocycles. The van der Waals surface area contributed by atoms with Gasteiger partial charge >= 0.3 is 0 Å². The van der Waals surface area contributed by atoms with E-state index in [2.05, 4.69) is 31.0 Å². The van der Waals surface area contributed by atoms with E-state index in [9.17, 15) is 0 Å². The predicted molar refractivity (Wildman–Crippen MR) is 50.4 cm³/mol. The number of hydrogen-bond donors (Lipinski definition) is 1. The molecule has 1 N–H and O–H groups in total. The van der Waals surface area contributed by atoms with Crippen molar-refractivity contribution in [3.05, 3.63) is 17.5 Å². The molecule has 13 heavy (non-hydrogen) atoms. The lowest BCUT2D eigenvalue weighted by molar-refractivity contribution is 0.0579. The Morgan fingerprint density at radius 2 is 2.31 bits per heavy atom. The van der Waals surface area contributed by atoms with Gasteiger partial charge in [-0.2, -0.15) is 5.10 Å². The molecule has 0 aromatic carbocycles. The molecule has 0 aliphatic carbocycles. The number of rotatable bonds is 0. The van der Waals surface area contributed by atoms with E-state index in [4.69, 9.17) is 4.74 Å². The third kappa shape index (κ3) is 1.48. The summed E-state index contributed by atoms with van der Waals surface area (Å²) in [6.07, 6.45) is 1.94. The van der Waals surface area contributed by atoms with Gasteiger partial charge in [0.25, 0.3) is 0 Å². The van der Waals surface area contributed by atoms with Gasteiger partial charge in [-0.3, -0.25) is 5.10 Å². The zero-order valence-electron chi connectivity index (χ0n) is 8.42. The molecule has 1 aliphatic rings. The fourth-order valence-electron chi connectivity index (χ4n) is 1.82. The average molecular weight is 180 g/mol. The minimum absolute atomic E-state index is 0.249. The number of aromatic amines is 1. The van der Waals surface area contributed by atoms with E-state index >= 15 is 0 Å². The molecule has 0 radical (unpaired) electrons. The predicted octanol–water partition coefficient (Wildman–Crippen LogP) is 2.07. The SMILES string of the molecule is CC(C)(C)C1COCc2[nH]ncc21. The Bertz CT molecular complexity index is 298. The van der Waals surface area contributed by atoms with Crippen LogP contribution in [-0.4, -0.2) is 16.8 Å². The van der Waals surface area contributed by atoms with Crippen LogP contribution >= 0.6 is 0 Å². The molecule has 0 saturated carbocycles. The highest BCUT2D eigenvalue weighted by Crippen LogP contribution is 2.38. The number of H-pyrrole nitrogens is 1. The normalized spacial score (nSPS) is 22.8. The van der Waals surface area contributed by atoms with Gasteiger partial charge in [-0.1, -0.05) is 20.8 Å². The molecule has 1 atom stereocenters. The molecule has 1 aromatic rings. The molecular weight excluding hydrogens is 164 g/mol. The number of fused-ring (bicyclic) bond motifs is 1. The van der Waals surface area contributed by atoms with Crippen LogP contribution < -0.4 is 0 Å². The zero-order valence-corrected chi connectivity index (χ0v) is 8.42. The maximum absolute atomic E-state index is 5.52. The van der Waals surface area contributed by atoms with E-state index in [1.165, 1.54) is 5.56 Å². The molecular formula is C10H16N2O. The van der Waals surface area contributed by atoms with Crippen LogP contribution in [0.4, 0.5) is 0 Å². The first-order valence-electron chi connectivity index (χ1n) is 4.69. The van der Waals surface area contributed by atoms with Gasteiger partial charge in [0.2, 0.25) is 0 Å². The van der Waals surface area contributed by atoms with Crippen LogP contribution in [0.1, 0.15) is 37.9 Å². The maximum Gasteiger partial charge on any atom is 0.0885 e. The number of ether oxygens (including phenoxy) is 1. The largest absolute Gasteiger partial charge is 0.375 e. The van der Waals surface area contributed by atoms with Crippen molar-refractivity contribution in [1.82, 2.24) is 10.2 Å². The van der Waals surface area contributed by atoms with E-state index in [1.54, 1.807) is 0 Å². The van der Waals surface area contributed by atoms with Gasteiger partial charge in [0, 0.05) is 11.5 Å². The van der Waals surface area contributed by atoms with Crippen LogP contribution in [0.2, 0.25) is 0 Å². The smallest absolute Gasteiger partial charge is 0.0885 e. The first-order chi connectivity index (χ1) is 6.09.